The fraction of sp³-hybridized carbons (Fsp3) is 0.500. The van der Waals surface area contributed by atoms with Crippen molar-refractivity contribution in [3.63, 3.8) is 0 Å². The third-order valence-electron chi connectivity index (χ3n) is 3.36. The van der Waals surface area contributed by atoms with E-state index in [4.69, 9.17) is 9.47 Å². The monoisotopic (exact) mass is 276 g/mol. The fourth-order valence-corrected chi connectivity index (χ4v) is 2.29. The minimum Gasteiger partial charge on any atom is -0.459 e. The predicted octanol–water partition coefficient (Wildman–Crippen LogP) is 2.85. The lowest BCUT2D eigenvalue weighted by molar-refractivity contribution is -0.146. The molecule has 4 heteroatoms. The van der Waals surface area contributed by atoms with Gasteiger partial charge >= 0.3 is 11.9 Å². The molecule has 0 amide bonds. The van der Waals surface area contributed by atoms with Gasteiger partial charge in [0.1, 0.15) is 12.2 Å². The molecule has 0 heterocycles. The van der Waals surface area contributed by atoms with Gasteiger partial charge in [0, 0.05) is 25.0 Å². The Morgan fingerprint density at radius 1 is 0.800 bits per heavy atom. The first-order valence-electron chi connectivity index (χ1n) is 7.13. The highest BCUT2D eigenvalue weighted by Crippen LogP contribution is 2.15. The Bertz CT molecular complexity index is 394. The summed E-state index contributed by atoms with van der Waals surface area (Å²) in [6.45, 7) is 0. The van der Waals surface area contributed by atoms with Crippen LogP contribution >= 0.6 is 0 Å². The van der Waals surface area contributed by atoms with Crippen LogP contribution in [0.1, 0.15) is 38.5 Å². The molecule has 0 saturated carbocycles. The first-order chi connectivity index (χ1) is 9.74. The summed E-state index contributed by atoms with van der Waals surface area (Å²) in [5.74, 6) is -0.962. The molecule has 0 aromatic heterocycles. The van der Waals surface area contributed by atoms with E-state index in [0.29, 0.717) is 0 Å². The summed E-state index contributed by atoms with van der Waals surface area (Å²) in [6.07, 6.45) is 15.4. The van der Waals surface area contributed by atoms with Crippen LogP contribution in [0.2, 0.25) is 0 Å². The van der Waals surface area contributed by atoms with Crippen molar-refractivity contribution in [3.05, 3.63) is 36.5 Å². The summed E-state index contributed by atoms with van der Waals surface area (Å²) in [7, 11) is 0. The standard InChI is InChI=1S/C16H20O4/c17-15(19-13-7-3-1-4-8-13)11-12-16(18)20-14-9-5-2-6-10-14/h1-3,5,11-14H,4,6-10H2/b12-11-. The highest BCUT2D eigenvalue weighted by molar-refractivity contribution is 5.91. The zero-order chi connectivity index (χ0) is 14.2. The number of ether oxygens (including phenoxy) is 2. The average molecular weight is 276 g/mol. The SMILES string of the molecule is O=C(/C=C\C(=O)OC1CC=CCC1)OC1CC=CCC1. The molecule has 4 nitrogen and oxygen atoms in total. The summed E-state index contributed by atoms with van der Waals surface area (Å²) in [4.78, 5) is 23.1. The lowest BCUT2D eigenvalue weighted by atomic mass is 10.0. The van der Waals surface area contributed by atoms with Crippen molar-refractivity contribution in [1.82, 2.24) is 0 Å². The molecule has 0 spiro atoms. The van der Waals surface area contributed by atoms with E-state index >= 15 is 0 Å². The van der Waals surface area contributed by atoms with Gasteiger partial charge in [-0.05, 0) is 25.7 Å². The van der Waals surface area contributed by atoms with E-state index < -0.39 is 11.9 Å². The molecule has 2 aliphatic carbocycles. The third kappa shape index (κ3) is 5.03. The van der Waals surface area contributed by atoms with E-state index in [2.05, 4.69) is 12.2 Å². The number of rotatable bonds is 4. The van der Waals surface area contributed by atoms with Crippen LogP contribution in [0.4, 0.5) is 0 Å². The first-order valence-corrected chi connectivity index (χ1v) is 7.13. The Hall–Kier alpha value is -1.84. The van der Waals surface area contributed by atoms with E-state index in [1.807, 2.05) is 12.2 Å². The zero-order valence-electron chi connectivity index (χ0n) is 11.5. The van der Waals surface area contributed by atoms with Crippen molar-refractivity contribution >= 4 is 11.9 Å². The van der Waals surface area contributed by atoms with Gasteiger partial charge < -0.3 is 9.47 Å². The Morgan fingerprint density at radius 2 is 1.25 bits per heavy atom. The summed E-state index contributed by atoms with van der Waals surface area (Å²) in [5.41, 5.74) is 0. The lowest BCUT2D eigenvalue weighted by Crippen LogP contribution is -2.19. The van der Waals surface area contributed by atoms with Gasteiger partial charge in [0.15, 0.2) is 0 Å². The second kappa shape index (κ2) is 7.68. The molecular formula is C16H20O4. The number of allylic oxidation sites excluding steroid dienone is 2. The van der Waals surface area contributed by atoms with Gasteiger partial charge in [0.25, 0.3) is 0 Å². The maximum absolute atomic E-state index is 11.6. The number of carbonyl (C=O) groups excluding carboxylic acids is 2. The van der Waals surface area contributed by atoms with Gasteiger partial charge in [-0.3, -0.25) is 0 Å². The maximum Gasteiger partial charge on any atom is 0.331 e. The van der Waals surface area contributed by atoms with Gasteiger partial charge in [-0.2, -0.15) is 0 Å². The van der Waals surface area contributed by atoms with Crippen molar-refractivity contribution in [2.75, 3.05) is 0 Å². The Labute approximate surface area is 119 Å². The van der Waals surface area contributed by atoms with Crippen LogP contribution in [0.25, 0.3) is 0 Å². The fourth-order valence-electron chi connectivity index (χ4n) is 2.29. The predicted molar refractivity (Wildman–Crippen MR) is 74.9 cm³/mol. The second-order valence-electron chi connectivity index (χ2n) is 5.02. The number of esters is 2. The van der Waals surface area contributed by atoms with E-state index in [9.17, 15) is 9.59 Å². The maximum atomic E-state index is 11.6. The number of carbonyl (C=O) groups is 2. The lowest BCUT2D eigenvalue weighted by Gasteiger charge is -2.18. The van der Waals surface area contributed by atoms with Crippen LogP contribution in [0.5, 0.6) is 0 Å². The molecule has 0 bridgehead atoms. The number of hydrogen-bond acceptors (Lipinski definition) is 4. The topological polar surface area (TPSA) is 52.6 Å². The van der Waals surface area contributed by atoms with Crippen LogP contribution < -0.4 is 0 Å². The molecule has 0 saturated heterocycles. The molecule has 20 heavy (non-hydrogen) atoms. The third-order valence-corrected chi connectivity index (χ3v) is 3.36. The molecule has 0 fully saturated rings. The molecule has 108 valence electrons. The molecule has 2 atom stereocenters. The summed E-state index contributed by atoms with van der Waals surface area (Å²) >= 11 is 0. The Balaban J connectivity index is 1.70. The van der Waals surface area contributed by atoms with Crippen LogP contribution in [0.15, 0.2) is 36.5 Å². The second-order valence-corrected chi connectivity index (χ2v) is 5.02. The van der Waals surface area contributed by atoms with Crippen LogP contribution in [-0.2, 0) is 19.1 Å². The minimum atomic E-state index is -0.481. The van der Waals surface area contributed by atoms with E-state index in [1.54, 1.807) is 0 Å². The molecule has 0 radical (unpaired) electrons. The van der Waals surface area contributed by atoms with Crippen molar-refractivity contribution in [2.45, 2.75) is 50.7 Å². The van der Waals surface area contributed by atoms with Crippen LogP contribution in [-0.4, -0.2) is 24.1 Å². The van der Waals surface area contributed by atoms with Gasteiger partial charge in [-0.15, -0.1) is 0 Å². The van der Waals surface area contributed by atoms with Gasteiger partial charge in [0.05, 0.1) is 0 Å². The van der Waals surface area contributed by atoms with Gasteiger partial charge in [-0.25, -0.2) is 9.59 Å². The van der Waals surface area contributed by atoms with Gasteiger partial charge in [-0.1, -0.05) is 24.3 Å². The summed E-state index contributed by atoms with van der Waals surface area (Å²) in [6, 6.07) is 0. The minimum absolute atomic E-state index is 0.0725. The highest BCUT2D eigenvalue weighted by Gasteiger charge is 2.15. The van der Waals surface area contributed by atoms with Crippen molar-refractivity contribution in [2.24, 2.45) is 0 Å². The Morgan fingerprint density at radius 3 is 1.60 bits per heavy atom. The largest absolute Gasteiger partial charge is 0.459 e. The van der Waals surface area contributed by atoms with Crippen LogP contribution in [0, 0.1) is 0 Å². The summed E-state index contributed by atoms with van der Waals surface area (Å²) in [5, 5.41) is 0. The summed E-state index contributed by atoms with van der Waals surface area (Å²) < 4.78 is 10.5. The van der Waals surface area contributed by atoms with Crippen molar-refractivity contribution < 1.29 is 19.1 Å². The number of hydrogen-bond donors (Lipinski definition) is 0. The van der Waals surface area contributed by atoms with E-state index in [0.717, 1.165) is 50.7 Å². The molecule has 2 unspecified atom stereocenters. The van der Waals surface area contributed by atoms with Crippen LogP contribution in [0.3, 0.4) is 0 Å². The molecular weight excluding hydrogens is 256 g/mol. The average Bonchev–Trinajstić information content (AvgIpc) is 2.47. The molecule has 0 aliphatic heterocycles. The normalized spacial score (nSPS) is 25.6. The quantitative estimate of drug-likeness (QED) is 0.450. The van der Waals surface area contributed by atoms with E-state index in [1.165, 1.54) is 0 Å². The van der Waals surface area contributed by atoms with E-state index in [-0.39, 0.29) is 12.2 Å². The zero-order valence-corrected chi connectivity index (χ0v) is 11.5. The molecule has 0 aromatic rings. The highest BCUT2D eigenvalue weighted by atomic mass is 16.5. The smallest absolute Gasteiger partial charge is 0.331 e. The first kappa shape index (κ1) is 14.6. The van der Waals surface area contributed by atoms with Crippen molar-refractivity contribution in [1.29, 1.82) is 0 Å². The van der Waals surface area contributed by atoms with Gasteiger partial charge in [0.2, 0.25) is 0 Å². The molecule has 0 aromatic carbocycles. The Kier molecular flexibility index (Phi) is 5.59. The van der Waals surface area contributed by atoms with Crippen molar-refractivity contribution in [3.8, 4) is 0 Å². The molecule has 2 rings (SSSR count). The molecule has 0 N–H and O–H groups in total. The molecule has 2 aliphatic rings.